The third-order valence-electron chi connectivity index (χ3n) is 2.80. The number of halogens is 1. The van der Waals surface area contributed by atoms with Gasteiger partial charge >= 0.3 is 0 Å². The molecule has 2 amide bonds. The molecule has 0 bridgehead atoms. The maximum Gasteiger partial charge on any atom is 0.246 e. The lowest BCUT2D eigenvalue weighted by atomic mass is 10.1. The van der Waals surface area contributed by atoms with E-state index in [2.05, 4.69) is 10.6 Å². The highest BCUT2D eigenvalue weighted by molar-refractivity contribution is 6.31. The first kappa shape index (κ1) is 12.9. The molecule has 18 heavy (non-hydrogen) atoms. The van der Waals surface area contributed by atoms with E-state index in [-0.39, 0.29) is 18.4 Å². The average molecular weight is 268 g/mol. The Morgan fingerprint density at radius 1 is 1.50 bits per heavy atom. The van der Waals surface area contributed by atoms with Gasteiger partial charge in [-0.1, -0.05) is 11.6 Å². The zero-order chi connectivity index (χ0) is 13.3. The Kier molecular flexibility index (Phi) is 3.54. The molecule has 0 aromatic heterocycles. The molecular weight excluding hydrogens is 254 g/mol. The van der Waals surface area contributed by atoms with Crippen LogP contribution in [0.4, 0.5) is 5.69 Å². The molecule has 0 spiro atoms. The van der Waals surface area contributed by atoms with E-state index in [0.717, 1.165) is 11.3 Å². The van der Waals surface area contributed by atoms with Crippen LogP contribution in [0.1, 0.15) is 11.6 Å². The molecule has 5 nitrogen and oxygen atoms in total. The van der Waals surface area contributed by atoms with Crippen LogP contribution in [0.15, 0.2) is 18.2 Å². The van der Waals surface area contributed by atoms with Gasteiger partial charge in [0.15, 0.2) is 0 Å². The highest BCUT2D eigenvalue weighted by Crippen LogP contribution is 2.32. The Morgan fingerprint density at radius 2 is 2.22 bits per heavy atom. The second kappa shape index (κ2) is 4.96. The third-order valence-corrected chi connectivity index (χ3v) is 3.04. The number of hydrogen-bond acceptors (Lipinski definition) is 3. The minimum atomic E-state index is -0.525. The highest BCUT2D eigenvalue weighted by Gasteiger charge is 2.30. The number of benzene rings is 1. The lowest BCUT2D eigenvalue weighted by Gasteiger charge is -2.14. The third kappa shape index (κ3) is 2.47. The van der Waals surface area contributed by atoms with Crippen molar-refractivity contribution in [2.75, 3.05) is 26.0 Å². The number of carbonyl (C=O) groups excluding carboxylic acids is 2. The second-order valence-corrected chi connectivity index (χ2v) is 4.76. The molecule has 1 atom stereocenters. The average Bonchev–Trinajstić information content (AvgIpc) is 2.61. The molecule has 1 aliphatic heterocycles. The van der Waals surface area contributed by atoms with Gasteiger partial charge in [0.2, 0.25) is 11.8 Å². The van der Waals surface area contributed by atoms with Gasteiger partial charge in [0.05, 0.1) is 6.54 Å². The number of fused-ring (bicyclic) bond motifs is 1. The molecule has 0 saturated heterocycles. The summed E-state index contributed by atoms with van der Waals surface area (Å²) in [6, 6.07) is 4.67. The number of nitrogens with one attached hydrogen (secondary N) is 2. The highest BCUT2D eigenvalue weighted by atomic mass is 35.5. The molecule has 1 aliphatic rings. The first-order valence-electron chi connectivity index (χ1n) is 5.53. The maximum absolute atomic E-state index is 11.8. The Morgan fingerprint density at radius 3 is 2.89 bits per heavy atom. The molecule has 96 valence electrons. The van der Waals surface area contributed by atoms with Crippen molar-refractivity contribution >= 4 is 29.1 Å². The van der Waals surface area contributed by atoms with Gasteiger partial charge in [-0.15, -0.1) is 0 Å². The molecule has 2 rings (SSSR count). The van der Waals surface area contributed by atoms with E-state index in [1.165, 1.54) is 4.90 Å². The molecule has 1 aromatic rings. The molecule has 0 saturated carbocycles. The van der Waals surface area contributed by atoms with Gasteiger partial charge in [-0.3, -0.25) is 14.9 Å². The van der Waals surface area contributed by atoms with Gasteiger partial charge < -0.3 is 10.2 Å². The van der Waals surface area contributed by atoms with Crippen molar-refractivity contribution in [3.8, 4) is 0 Å². The van der Waals surface area contributed by atoms with Crippen LogP contribution in [0.5, 0.6) is 0 Å². The van der Waals surface area contributed by atoms with Gasteiger partial charge in [-0.05, 0) is 18.2 Å². The Hall–Kier alpha value is -1.59. The fourth-order valence-corrected chi connectivity index (χ4v) is 1.96. The van der Waals surface area contributed by atoms with Crippen molar-refractivity contribution in [2.45, 2.75) is 6.04 Å². The topological polar surface area (TPSA) is 61.4 Å². The van der Waals surface area contributed by atoms with Crippen molar-refractivity contribution in [2.24, 2.45) is 0 Å². The SMILES string of the molecule is CN(C)C(=O)CNC1C(=O)Nc2ccc(Cl)cc21. The lowest BCUT2D eigenvalue weighted by Crippen LogP contribution is -2.37. The summed E-state index contributed by atoms with van der Waals surface area (Å²) < 4.78 is 0. The van der Waals surface area contributed by atoms with Crippen LogP contribution >= 0.6 is 11.6 Å². The zero-order valence-electron chi connectivity index (χ0n) is 10.2. The summed E-state index contributed by atoms with van der Waals surface area (Å²) in [5.74, 6) is -0.253. The van der Waals surface area contributed by atoms with Crippen LogP contribution in [-0.4, -0.2) is 37.4 Å². The number of hydrogen-bond donors (Lipinski definition) is 2. The number of carbonyl (C=O) groups is 2. The van der Waals surface area contributed by atoms with Crippen molar-refractivity contribution in [1.82, 2.24) is 10.2 Å². The predicted octanol–water partition coefficient (Wildman–Crippen LogP) is 1.01. The number of rotatable bonds is 3. The van der Waals surface area contributed by atoms with Crippen LogP contribution in [0, 0.1) is 0 Å². The van der Waals surface area contributed by atoms with Crippen LogP contribution in [0.25, 0.3) is 0 Å². The van der Waals surface area contributed by atoms with E-state index in [1.807, 2.05) is 0 Å². The normalized spacial score (nSPS) is 17.3. The maximum atomic E-state index is 11.8. The molecule has 0 aliphatic carbocycles. The second-order valence-electron chi connectivity index (χ2n) is 4.32. The first-order chi connectivity index (χ1) is 8.49. The van der Waals surface area contributed by atoms with Crippen LogP contribution in [0.3, 0.4) is 0 Å². The smallest absolute Gasteiger partial charge is 0.246 e. The van der Waals surface area contributed by atoms with Crippen LogP contribution in [-0.2, 0) is 9.59 Å². The molecule has 1 unspecified atom stereocenters. The van der Waals surface area contributed by atoms with E-state index in [9.17, 15) is 9.59 Å². The van der Waals surface area contributed by atoms with E-state index < -0.39 is 6.04 Å². The standard InChI is InChI=1S/C12H14ClN3O2/c1-16(2)10(17)6-14-11-8-5-7(13)3-4-9(8)15-12(11)18/h3-5,11,14H,6H2,1-2H3,(H,15,18). The number of anilines is 1. The van der Waals surface area contributed by atoms with E-state index in [1.54, 1.807) is 32.3 Å². The van der Waals surface area contributed by atoms with Crippen LogP contribution in [0.2, 0.25) is 5.02 Å². The van der Waals surface area contributed by atoms with Crippen molar-refractivity contribution in [3.63, 3.8) is 0 Å². The van der Waals surface area contributed by atoms with Crippen LogP contribution < -0.4 is 10.6 Å². The summed E-state index contributed by atoms with van der Waals surface area (Å²) in [4.78, 5) is 24.7. The summed E-state index contributed by atoms with van der Waals surface area (Å²) in [6.45, 7) is 0.108. The summed E-state index contributed by atoms with van der Waals surface area (Å²) >= 11 is 5.91. The molecule has 0 fully saturated rings. The van der Waals surface area contributed by atoms with Gasteiger partial charge in [0, 0.05) is 30.4 Å². The largest absolute Gasteiger partial charge is 0.348 e. The Bertz CT molecular complexity index is 502. The van der Waals surface area contributed by atoms with E-state index in [4.69, 9.17) is 11.6 Å². The molecule has 1 heterocycles. The number of nitrogens with zero attached hydrogens (tertiary/aromatic N) is 1. The van der Waals surface area contributed by atoms with Gasteiger partial charge in [-0.2, -0.15) is 0 Å². The van der Waals surface area contributed by atoms with Gasteiger partial charge in [0.25, 0.3) is 0 Å². The molecule has 2 N–H and O–H groups in total. The molecule has 6 heteroatoms. The number of amides is 2. The number of likely N-dealkylation sites (N-methyl/N-ethyl adjacent to an activating group) is 1. The summed E-state index contributed by atoms with van der Waals surface area (Å²) in [7, 11) is 3.34. The fourth-order valence-electron chi connectivity index (χ4n) is 1.78. The van der Waals surface area contributed by atoms with Gasteiger partial charge in [-0.25, -0.2) is 0 Å². The molecular formula is C12H14ClN3O2. The quantitative estimate of drug-likeness (QED) is 0.859. The fraction of sp³-hybridized carbons (Fsp3) is 0.333. The van der Waals surface area contributed by atoms with Crippen molar-refractivity contribution < 1.29 is 9.59 Å². The monoisotopic (exact) mass is 267 g/mol. The van der Waals surface area contributed by atoms with Gasteiger partial charge in [0.1, 0.15) is 6.04 Å². The lowest BCUT2D eigenvalue weighted by molar-refractivity contribution is -0.128. The van der Waals surface area contributed by atoms with E-state index in [0.29, 0.717) is 5.02 Å². The zero-order valence-corrected chi connectivity index (χ0v) is 10.9. The van der Waals surface area contributed by atoms with Crippen molar-refractivity contribution in [3.05, 3.63) is 28.8 Å². The van der Waals surface area contributed by atoms with Crippen molar-refractivity contribution in [1.29, 1.82) is 0 Å². The minimum Gasteiger partial charge on any atom is -0.348 e. The summed E-state index contributed by atoms with van der Waals surface area (Å²) in [5.41, 5.74) is 1.51. The summed E-state index contributed by atoms with van der Waals surface area (Å²) in [5, 5.41) is 6.24. The Labute approximate surface area is 110 Å². The molecule has 0 radical (unpaired) electrons. The summed E-state index contributed by atoms with van der Waals surface area (Å²) in [6.07, 6.45) is 0. The van der Waals surface area contributed by atoms with E-state index >= 15 is 0 Å². The minimum absolute atomic E-state index is 0.0849. The molecule has 1 aromatic carbocycles. The predicted molar refractivity (Wildman–Crippen MR) is 69.5 cm³/mol. The first-order valence-corrected chi connectivity index (χ1v) is 5.90. The Balaban J connectivity index is 2.13.